The molecule has 0 aliphatic heterocycles. The van der Waals surface area contributed by atoms with Gasteiger partial charge < -0.3 is 0 Å². The van der Waals surface area contributed by atoms with Gasteiger partial charge in [-0.3, -0.25) is 0 Å². The Morgan fingerprint density at radius 1 is 0.667 bits per heavy atom. The van der Waals surface area contributed by atoms with Gasteiger partial charge in [-0.05, 0) is 50.9 Å². The SMILES string of the molecule is Cc1cc(-c2cnc(C(F)(F)F)nc2)c(F)c(Br)n1.Fc1c(-c2cnc(C(F)(F)F)nc2)cc(CBr)nc1Br. The summed E-state index contributed by atoms with van der Waals surface area (Å²) in [7, 11) is 0. The largest absolute Gasteiger partial charge is 0.451 e. The molecule has 0 radical (unpaired) electrons. The van der Waals surface area contributed by atoms with E-state index in [-0.39, 0.29) is 31.5 Å². The summed E-state index contributed by atoms with van der Waals surface area (Å²) in [6.45, 7) is 1.64. The summed E-state index contributed by atoms with van der Waals surface area (Å²) >= 11 is 9.06. The molecule has 0 aliphatic rings. The van der Waals surface area contributed by atoms with Crippen molar-refractivity contribution in [2.75, 3.05) is 0 Å². The van der Waals surface area contributed by atoms with Gasteiger partial charge in [0, 0.05) is 58.1 Å². The quantitative estimate of drug-likeness (QED) is 0.120. The van der Waals surface area contributed by atoms with E-state index in [1.165, 1.54) is 12.1 Å². The minimum Gasteiger partial charge on any atom is -0.243 e. The standard InChI is InChI=1S/C11H5Br2F4N3.C11H6BrF4N3/c12-2-6-1-7(8(14)9(13)20-6)5-3-18-10(19-4-5)11(15,16)17;1-5-2-7(8(13)9(12)19-5)6-3-17-10(18-4-6)11(14,15)16/h1,3-4H,2H2;2-4H,1H3. The van der Waals surface area contributed by atoms with Crippen molar-refractivity contribution < 1.29 is 35.1 Å². The van der Waals surface area contributed by atoms with E-state index in [0.717, 1.165) is 24.8 Å². The van der Waals surface area contributed by atoms with E-state index in [2.05, 4.69) is 77.7 Å². The maximum absolute atomic E-state index is 13.9. The summed E-state index contributed by atoms with van der Waals surface area (Å²) in [4.78, 5) is 20.5. The molecule has 39 heavy (non-hydrogen) atoms. The van der Waals surface area contributed by atoms with Gasteiger partial charge in [0.1, 0.15) is 9.21 Å². The van der Waals surface area contributed by atoms with Crippen LogP contribution < -0.4 is 0 Å². The highest BCUT2D eigenvalue weighted by Gasteiger charge is 2.35. The predicted molar refractivity (Wildman–Crippen MR) is 133 cm³/mol. The van der Waals surface area contributed by atoms with Gasteiger partial charge in [-0.2, -0.15) is 26.3 Å². The van der Waals surface area contributed by atoms with E-state index in [9.17, 15) is 35.1 Å². The van der Waals surface area contributed by atoms with Crippen LogP contribution >= 0.6 is 47.8 Å². The monoisotopic (exact) mass is 748 g/mol. The van der Waals surface area contributed by atoms with Crippen molar-refractivity contribution in [3.8, 4) is 22.3 Å². The summed E-state index contributed by atoms with van der Waals surface area (Å²) in [5.41, 5.74) is 1.50. The topological polar surface area (TPSA) is 77.3 Å². The predicted octanol–water partition coefficient (Wildman–Crippen LogP) is 8.12. The third-order valence-electron chi connectivity index (χ3n) is 4.59. The van der Waals surface area contributed by atoms with E-state index in [1.807, 2.05) is 0 Å². The Labute approximate surface area is 239 Å². The number of pyridine rings is 2. The number of aryl methyl sites for hydroxylation is 1. The van der Waals surface area contributed by atoms with E-state index in [4.69, 9.17) is 0 Å². The third-order valence-corrected chi connectivity index (χ3v) is 6.21. The second kappa shape index (κ2) is 12.2. The number of halogens is 11. The molecule has 0 spiro atoms. The fourth-order valence-corrected chi connectivity index (χ4v) is 4.11. The lowest BCUT2D eigenvalue weighted by atomic mass is 10.1. The van der Waals surface area contributed by atoms with Crippen LogP contribution in [0.5, 0.6) is 0 Å². The third kappa shape index (κ3) is 7.72. The van der Waals surface area contributed by atoms with Gasteiger partial charge in [0.2, 0.25) is 11.6 Å². The fourth-order valence-electron chi connectivity index (χ4n) is 2.88. The minimum atomic E-state index is -4.63. The smallest absolute Gasteiger partial charge is 0.243 e. The van der Waals surface area contributed by atoms with Crippen molar-refractivity contribution in [1.82, 2.24) is 29.9 Å². The van der Waals surface area contributed by atoms with Crippen molar-refractivity contribution in [3.05, 3.63) is 80.8 Å². The lowest BCUT2D eigenvalue weighted by Crippen LogP contribution is -2.10. The summed E-state index contributed by atoms with van der Waals surface area (Å²) in [6.07, 6.45) is -5.53. The first-order valence-corrected chi connectivity index (χ1v) is 12.8. The van der Waals surface area contributed by atoms with Crippen LogP contribution in [0.15, 0.2) is 46.1 Å². The van der Waals surface area contributed by atoms with Crippen LogP contribution in [-0.2, 0) is 17.7 Å². The maximum atomic E-state index is 13.9. The normalized spacial score (nSPS) is 11.7. The van der Waals surface area contributed by atoms with Crippen molar-refractivity contribution >= 4 is 47.8 Å². The minimum absolute atomic E-state index is 0.0117. The lowest BCUT2D eigenvalue weighted by molar-refractivity contribution is -0.145. The van der Waals surface area contributed by atoms with Gasteiger partial charge in [0.15, 0.2) is 11.6 Å². The number of alkyl halides is 7. The van der Waals surface area contributed by atoms with Crippen LogP contribution in [0.2, 0.25) is 0 Å². The highest BCUT2D eigenvalue weighted by molar-refractivity contribution is 9.10. The van der Waals surface area contributed by atoms with Crippen molar-refractivity contribution in [2.45, 2.75) is 24.6 Å². The lowest BCUT2D eigenvalue weighted by Gasteiger charge is -2.08. The highest BCUT2D eigenvalue weighted by atomic mass is 79.9. The molecule has 4 aromatic rings. The van der Waals surface area contributed by atoms with Crippen LogP contribution in [0.25, 0.3) is 22.3 Å². The first kappa shape index (κ1) is 30.9. The van der Waals surface area contributed by atoms with Gasteiger partial charge in [-0.1, -0.05) is 15.9 Å². The molecule has 0 bridgehead atoms. The Hall–Kier alpha value is -2.66. The summed E-state index contributed by atoms with van der Waals surface area (Å²) in [6, 6.07) is 2.83. The Morgan fingerprint density at radius 3 is 1.44 bits per heavy atom. The molecule has 0 atom stereocenters. The molecule has 4 rings (SSSR count). The average molecular weight is 751 g/mol. The van der Waals surface area contributed by atoms with E-state index >= 15 is 0 Å². The first-order valence-electron chi connectivity index (χ1n) is 10.1. The van der Waals surface area contributed by atoms with E-state index in [0.29, 0.717) is 16.7 Å². The molecule has 0 fully saturated rings. The Kier molecular flexibility index (Phi) is 9.69. The van der Waals surface area contributed by atoms with Crippen LogP contribution in [0.3, 0.4) is 0 Å². The van der Waals surface area contributed by atoms with Crippen molar-refractivity contribution in [2.24, 2.45) is 0 Å². The number of hydrogen-bond acceptors (Lipinski definition) is 6. The zero-order valence-electron chi connectivity index (χ0n) is 19.0. The second-order valence-electron chi connectivity index (χ2n) is 7.40. The van der Waals surface area contributed by atoms with E-state index < -0.39 is 35.6 Å². The van der Waals surface area contributed by atoms with E-state index in [1.54, 1.807) is 6.92 Å². The summed E-state index contributed by atoms with van der Waals surface area (Å²) < 4.78 is 102. The second-order valence-corrected chi connectivity index (χ2v) is 9.46. The highest BCUT2D eigenvalue weighted by Crippen LogP contribution is 2.31. The molecule has 206 valence electrons. The molecular formula is C22H11Br3F8N6. The van der Waals surface area contributed by atoms with Gasteiger partial charge in [-0.15, -0.1) is 0 Å². The number of hydrogen-bond donors (Lipinski definition) is 0. The molecule has 4 heterocycles. The molecule has 0 saturated heterocycles. The van der Waals surface area contributed by atoms with Gasteiger partial charge in [0.05, 0.1) is 5.69 Å². The zero-order valence-corrected chi connectivity index (χ0v) is 23.8. The Balaban J connectivity index is 0.000000216. The molecule has 0 aromatic carbocycles. The zero-order chi connectivity index (χ0) is 29.1. The molecule has 0 saturated carbocycles. The maximum Gasteiger partial charge on any atom is 0.451 e. The number of rotatable bonds is 3. The number of aromatic nitrogens is 6. The number of nitrogens with zero attached hydrogens (tertiary/aromatic N) is 6. The van der Waals surface area contributed by atoms with Gasteiger partial charge >= 0.3 is 12.4 Å². The summed E-state index contributed by atoms with van der Waals surface area (Å²) in [5.74, 6) is -3.89. The first-order chi connectivity index (χ1) is 18.1. The average Bonchev–Trinajstić information content (AvgIpc) is 2.87. The molecule has 0 aliphatic carbocycles. The molecule has 0 N–H and O–H groups in total. The van der Waals surface area contributed by atoms with Crippen LogP contribution in [0, 0.1) is 18.6 Å². The van der Waals surface area contributed by atoms with Crippen LogP contribution in [-0.4, -0.2) is 29.9 Å². The van der Waals surface area contributed by atoms with Gasteiger partial charge in [-0.25, -0.2) is 38.7 Å². The van der Waals surface area contributed by atoms with Crippen molar-refractivity contribution in [3.63, 3.8) is 0 Å². The summed E-state index contributed by atoms with van der Waals surface area (Å²) in [5, 5.41) is 0.375. The fraction of sp³-hybridized carbons (Fsp3) is 0.182. The molecule has 0 amide bonds. The molecule has 17 heteroatoms. The van der Waals surface area contributed by atoms with Crippen LogP contribution in [0.1, 0.15) is 23.0 Å². The molecule has 6 nitrogen and oxygen atoms in total. The molecule has 4 aromatic heterocycles. The van der Waals surface area contributed by atoms with Crippen LogP contribution in [0.4, 0.5) is 35.1 Å². The molecular weight excluding hydrogens is 740 g/mol. The Morgan fingerprint density at radius 2 is 1.05 bits per heavy atom. The Bertz CT molecular complexity index is 1460. The molecule has 0 unspecified atom stereocenters. The van der Waals surface area contributed by atoms with Crippen molar-refractivity contribution in [1.29, 1.82) is 0 Å². The van der Waals surface area contributed by atoms with Gasteiger partial charge in [0.25, 0.3) is 0 Å².